The molecule has 0 aliphatic carbocycles. The van der Waals surface area contributed by atoms with E-state index >= 15 is 0 Å². The first-order chi connectivity index (χ1) is 11.4. The molecule has 7 nitrogen and oxygen atoms in total. The number of fused-ring (bicyclic) bond motifs is 1. The van der Waals surface area contributed by atoms with Gasteiger partial charge in [-0.05, 0) is 24.5 Å². The summed E-state index contributed by atoms with van der Waals surface area (Å²) in [5.41, 5.74) is 0.273. The lowest BCUT2D eigenvalue weighted by molar-refractivity contribution is -0.142. The summed E-state index contributed by atoms with van der Waals surface area (Å²) in [5, 5.41) is 12.2. The normalized spacial score (nSPS) is 12.3. The van der Waals surface area contributed by atoms with Crippen LogP contribution in [0.5, 0.6) is 0 Å². The minimum Gasteiger partial charge on any atom is -0.481 e. The molecule has 0 fully saturated rings. The molecule has 2 N–H and O–H groups in total. The molecule has 2 rings (SSSR count). The van der Waals surface area contributed by atoms with Gasteiger partial charge >= 0.3 is 5.97 Å². The summed E-state index contributed by atoms with van der Waals surface area (Å²) in [6.07, 6.45) is 1.81. The van der Waals surface area contributed by atoms with Crippen LogP contribution in [-0.4, -0.2) is 33.1 Å². The van der Waals surface area contributed by atoms with Crippen molar-refractivity contribution in [1.29, 1.82) is 0 Å². The first-order valence-corrected chi connectivity index (χ1v) is 7.82. The number of amides is 1. The number of benzene rings is 1. The molecule has 1 amide bonds. The predicted molar refractivity (Wildman–Crippen MR) is 89.6 cm³/mol. The van der Waals surface area contributed by atoms with Gasteiger partial charge in [-0.25, -0.2) is 4.98 Å². The highest BCUT2D eigenvalue weighted by Gasteiger charge is 2.19. The van der Waals surface area contributed by atoms with Gasteiger partial charge in [-0.1, -0.05) is 26.0 Å². The topological polar surface area (TPSA) is 101 Å². The molecule has 0 bridgehead atoms. The second-order valence-electron chi connectivity index (χ2n) is 6.16. The molecule has 0 radical (unpaired) electrons. The van der Waals surface area contributed by atoms with E-state index in [-0.39, 0.29) is 24.6 Å². The smallest absolute Gasteiger partial charge is 0.308 e. The van der Waals surface area contributed by atoms with Gasteiger partial charge in [-0.15, -0.1) is 0 Å². The fraction of sp³-hybridized carbons (Fsp3) is 0.412. The summed E-state index contributed by atoms with van der Waals surface area (Å²) in [6.45, 7) is 3.71. The number of nitrogens with zero attached hydrogens (tertiary/aromatic N) is 2. The van der Waals surface area contributed by atoms with Crippen LogP contribution in [-0.2, 0) is 16.1 Å². The van der Waals surface area contributed by atoms with Crippen molar-refractivity contribution in [2.75, 3.05) is 6.54 Å². The molecule has 0 spiro atoms. The van der Waals surface area contributed by atoms with Gasteiger partial charge in [0.05, 0.1) is 23.1 Å². The van der Waals surface area contributed by atoms with Gasteiger partial charge in [0.15, 0.2) is 0 Å². The average Bonchev–Trinajstić information content (AvgIpc) is 2.54. The van der Waals surface area contributed by atoms with Crippen LogP contribution in [0.15, 0.2) is 35.4 Å². The van der Waals surface area contributed by atoms with E-state index in [0.29, 0.717) is 17.3 Å². The maximum absolute atomic E-state index is 12.3. The molecular weight excluding hydrogens is 310 g/mol. The minimum absolute atomic E-state index is 0.0438. The van der Waals surface area contributed by atoms with Crippen molar-refractivity contribution < 1.29 is 14.7 Å². The third-order valence-electron chi connectivity index (χ3n) is 3.70. The van der Waals surface area contributed by atoms with Gasteiger partial charge in [0.25, 0.3) is 5.56 Å². The van der Waals surface area contributed by atoms with E-state index in [1.165, 1.54) is 10.9 Å². The van der Waals surface area contributed by atoms with E-state index in [1.54, 1.807) is 24.3 Å². The fourth-order valence-electron chi connectivity index (χ4n) is 2.51. The predicted octanol–water partition coefficient (Wildman–Crippen LogP) is 1.26. The maximum Gasteiger partial charge on any atom is 0.308 e. The Labute approximate surface area is 139 Å². The van der Waals surface area contributed by atoms with Crippen LogP contribution >= 0.6 is 0 Å². The molecule has 0 aliphatic rings. The third-order valence-corrected chi connectivity index (χ3v) is 3.70. The van der Waals surface area contributed by atoms with Gasteiger partial charge < -0.3 is 10.4 Å². The Kier molecular flexibility index (Phi) is 5.68. The van der Waals surface area contributed by atoms with Crippen molar-refractivity contribution in [2.24, 2.45) is 11.8 Å². The zero-order chi connectivity index (χ0) is 17.7. The Morgan fingerprint density at radius 1 is 1.29 bits per heavy atom. The first-order valence-electron chi connectivity index (χ1n) is 7.82. The Morgan fingerprint density at radius 3 is 2.67 bits per heavy atom. The van der Waals surface area contributed by atoms with E-state index < -0.39 is 17.8 Å². The number of aromatic nitrogens is 2. The van der Waals surface area contributed by atoms with E-state index in [1.807, 2.05) is 13.8 Å². The lowest BCUT2D eigenvalue weighted by Crippen LogP contribution is -2.37. The van der Waals surface area contributed by atoms with Crippen LogP contribution in [0, 0.1) is 11.8 Å². The van der Waals surface area contributed by atoms with Crippen LogP contribution < -0.4 is 10.9 Å². The second kappa shape index (κ2) is 7.72. The summed E-state index contributed by atoms with van der Waals surface area (Å²) in [7, 11) is 0. The molecular formula is C17H21N3O4. The molecule has 2 aromatic rings. The number of nitrogens with one attached hydrogen (secondary N) is 1. The zero-order valence-electron chi connectivity index (χ0n) is 13.7. The number of hydrogen-bond acceptors (Lipinski definition) is 4. The largest absolute Gasteiger partial charge is 0.481 e. The molecule has 0 saturated carbocycles. The van der Waals surface area contributed by atoms with Gasteiger partial charge in [0, 0.05) is 6.54 Å². The summed E-state index contributed by atoms with van der Waals surface area (Å²) in [5.74, 6) is -1.77. The molecule has 1 atom stereocenters. The van der Waals surface area contributed by atoms with Gasteiger partial charge in [-0.2, -0.15) is 0 Å². The van der Waals surface area contributed by atoms with Crippen molar-refractivity contribution in [1.82, 2.24) is 14.9 Å². The zero-order valence-corrected chi connectivity index (χ0v) is 13.7. The lowest BCUT2D eigenvalue weighted by Gasteiger charge is -2.15. The molecule has 1 aromatic carbocycles. The molecule has 0 aliphatic heterocycles. The second-order valence-corrected chi connectivity index (χ2v) is 6.16. The van der Waals surface area contributed by atoms with Crippen LogP contribution in [0.1, 0.15) is 20.3 Å². The van der Waals surface area contributed by atoms with Crippen LogP contribution in [0.2, 0.25) is 0 Å². The standard InChI is InChI=1S/C17H21N3O4/c1-11(2)7-12(17(23)24)8-18-15(21)9-20-10-19-14-6-4-3-5-13(14)16(20)22/h3-6,10-12H,7-9H2,1-2H3,(H,18,21)(H,23,24). The minimum atomic E-state index is -0.937. The lowest BCUT2D eigenvalue weighted by atomic mass is 9.97. The quantitative estimate of drug-likeness (QED) is 0.795. The van der Waals surface area contributed by atoms with E-state index in [0.717, 1.165) is 0 Å². The van der Waals surface area contributed by atoms with Crippen molar-refractivity contribution >= 4 is 22.8 Å². The Bertz CT molecular complexity index is 798. The fourth-order valence-corrected chi connectivity index (χ4v) is 2.51. The summed E-state index contributed by atoms with van der Waals surface area (Å²) < 4.78 is 1.22. The van der Waals surface area contributed by atoms with Crippen molar-refractivity contribution in [3.63, 3.8) is 0 Å². The summed E-state index contributed by atoms with van der Waals surface area (Å²) in [4.78, 5) is 39.7. The molecule has 24 heavy (non-hydrogen) atoms. The molecule has 1 heterocycles. The van der Waals surface area contributed by atoms with Gasteiger partial charge in [0.2, 0.25) is 5.91 Å². The number of aliphatic carboxylic acids is 1. The van der Waals surface area contributed by atoms with E-state index in [2.05, 4.69) is 10.3 Å². The Hall–Kier alpha value is -2.70. The highest BCUT2D eigenvalue weighted by atomic mass is 16.4. The van der Waals surface area contributed by atoms with Crippen molar-refractivity contribution in [3.05, 3.63) is 40.9 Å². The average molecular weight is 331 g/mol. The van der Waals surface area contributed by atoms with Gasteiger partial charge in [-0.3, -0.25) is 19.0 Å². The van der Waals surface area contributed by atoms with Crippen LogP contribution in [0.4, 0.5) is 0 Å². The molecule has 0 saturated heterocycles. The number of carbonyl (C=O) groups excluding carboxylic acids is 1. The number of hydrogen-bond donors (Lipinski definition) is 2. The van der Waals surface area contributed by atoms with E-state index in [9.17, 15) is 19.5 Å². The third kappa shape index (κ3) is 4.41. The van der Waals surface area contributed by atoms with Crippen LogP contribution in [0.3, 0.4) is 0 Å². The molecule has 1 unspecified atom stereocenters. The summed E-state index contributed by atoms with van der Waals surface area (Å²) in [6, 6.07) is 6.90. The number of carboxylic acid groups (broad SMARTS) is 1. The molecule has 7 heteroatoms. The van der Waals surface area contributed by atoms with E-state index in [4.69, 9.17) is 0 Å². The molecule has 128 valence electrons. The van der Waals surface area contributed by atoms with Gasteiger partial charge in [0.1, 0.15) is 6.54 Å². The monoisotopic (exact) mass is 331 g/mol. The van der Waals surface area contributed by atoms with Crippen LogP contribution in [0.25, 0.3) is 10.9 Å². The van der Waals surface area contributed by atoms with Crippen molar-refractivity contribution in [2.45, 2.75) is 26.8 Å². The highest BCUT2D eigenvalue weighted by Crippen LogP contribution is 2.11. The Balaban J connectivity index is 2.03. The SMILES string of the molecule is CC(C)CC(CNC(=O)Cn1cnc2ccccc2c1=O)C(=O)O. The number of carbonyl (C=O) groups is 2. The first kappa shape index (κ1) is 17.7. The molecule has 1 aromatic heterocycles. The number of rotatable bonds is 7. The number of carboxylic acids is 1. The maximum atomic E-state index is 12.3. The van der Waals surface area contributed by atoms with Crippen molar-refractivity contribution in [3.8, 4) is 0 Å². The highest BCUT2D eigenvalue weighted by molar-refractivity contribution is 5.79. The summed E-state index contributed by atoms with van der Waals surface area (Å²) >= 11 is 0. The Morgan fingerprint density at radius 2 is 2.00 bits per heavy atom. The number of para-hydroxylation sites is 1.